The lowest BCUT2D eigenvalue weighted by atomic mass is 9.68. The van der Waals surface area contributed by atoms with E-state index in [4.69, 9.17) is 17.3 Å². The molecule has 1 saturated carbocycles. The Kier molecular flexibility index (Phi) is 3.20. The Labute approximate surface area is 120 Å². The lowest BCUT2D eigenvalue weighted by molar-refractivity contribution is -0.129. The predicted octanol–water partition coefficient (Wildman–Crippen LogP) is 3.02. The third kappa shape index (κ3) is 2.02. The van der Waals surface area contributed by atoms with Gasteiger partial charge in [0.05, 0.1) is 26.3 Å². The molecule has 0 atom stereocenters. The summed E-state index contributed by atoms with van der Waals surface area (Å²) in [5.74, 6) is -0.0383. The number of hydrogen-bond donors (Lipinski definition) is 2. The number of rotatable bonds is 3. The largest absolute Gasteiger partial charge is 0.329 e. The average molecular weight is 296 g/mol. The second-order valence-corrected chi connectivity index (χ2v) is 6.21. The van der Waals surface area contributed by atoms with Crippen molar-refractivity contribution in [1.82, 2.24) is 4.98 Å². The van der Waals surface area contributed by atoms with Gasteiger partial charge < -0.3 is 11.1 Å². The van der Waals surface area contributed by atoms with Crippen molar-refractivity contribution in [3.8, 4) is 0 Å². The van der Waals surface area contributed by atoms with Gasteiger partial charge in [-0.3, -0.25) is 4.79 Å². The quantitative estimate of drug-likeness (QED) is 0.914. The maximum absolute atomic E-state index is 12.4. The summed E-state index contributed by atoms with van der Waals surface area (Å²) in [5.41, 5.74) is 8.43. The number of carbonyl (C=O) groups is 1. The van der Waals surface area contributed by atoms with Crippen LogP contribution in [0.2, 0.25) is 5.02 Å². The van der Waals surface area contributed by atoms with Crippen LogP contribution in [0.3, 0.4) is 0 Å². The van der Waals surface area contributed by atoms with Crippen LogP contribution in [0, 0.1) is 5.41 Å². The van der Waals surface area contributed by atoms with Crippen LogP contribution in [0.4, 0.5) is 5.69 Å². The Morgan fingerprint density at radius 3 is 2.95 bits per heavy atom. The molecule has 0 saturated heterocycles. The van der Waals surface area contributed by atoms with E-state index in [0.29, 0.717) is 17.3 Å². The molecule has 4 nitrogen and oxygen atoms in total. The molecule has 1 fully saturated rings. The number of amides is 1. The van der Waals surface area contributed by atoms with Crippen LogP contribution in [0.25, 0.3) is 10.2 Å². The van der Waals surface area contributed by atoms with Crippen LogP contribution in [0.15, 0.2) is 17.6 Å². The minimum Gasteiger partial charge on any atom is -0.329 e. The van der Waals surface area contributed by atoms with Gasteiger partial charge in [-0.1, -0.05) is 18.0 Å². The zero-order chi connectivity index (χ0) is 13.5. The number of benzene rings is 1. The van der Waals surface area contributed by atoms with Gasteiger partial charge >= 0.3 is 0 Å². The lowest BCUT2D eigenvalue weighted by Crippen LogP contribution is -2.47. The van der Waals surface area contributed by atoms with Gasteiger partial charge in [0.2, 0.25) is 5.91 Å². The highest BCUT2D eigenvalue weighted by Gasteiger charge is 2.43. The molecule has 2 aromatic rings. The molecule has 3 rings (SSSR count). The molecule has 1 aliphatic rings. The van der Waals surface area contributed by atoms with Crippen LogP contribution in [0.5, 0.6) is 0 Å². The molecule has 0 spiro atoms. The fraction of sp³-hybridized carbons (Fsp3) is 0.385. The lowest BCUT2D eigenvalue weighted by Gasteiger charge is -2.39. The minimum absolute atomic E-state index is 0.0383. The maximum atomic E-state index is 12.4. The van der Waals surface area contributed by atoms with Crippen molar-refractivity contribution >= 4 is 44.7 Å². The second kappa shape index (κ2) is 4.74. The maximum Gasteiger partial charge on any atom is 0.231 e. The minimum atomic E-state index is -0.415. The van der Waals surface area contributed by atoms with E-state index in [0.717, 1.165) is 29.5 Å². The summed E-state index contributed by atoms with van der Waals surface area (Å²) in [6.07, 6.45) is 2.75. The summed E-state index contributed by atoms with van der Waals surface area (Å²) < 4.78 is 1.01. The van der Waals surface area contributed by atoms with Crippen LogP contribution in [-0.2, 0) is 4.79 Å². The van der Waals surface area contributed by atoms with Crippen molar-refractivity contribution in [3.05, 3.63) is 22.7 Å². The molecule has 19 heavy (non-hydrogen) atoms. The van der Waals surface area contributed by atoms with Gasteiger partial charge in [-0.25, -0.2) is 4.98 Å². The van der Waals surface area contributed by atoms with Gasteiger partial charge in [0.25, 0.3) is 0 Å². The number of carbonyl (C=O) groups excluding carboxylic acids is 1. The van der Waals surface area contributed by atoms with Gasteiger partial charge in [0.1, 0.15) is 5.52 Å². The van der Waals surface area contributed by atoms with E-state index in [9.17, 15) is 4.79 Å². The predicted molar refractivity (Wildman–Crippen MR) is 78.6 cm³/mol. The van der Waals surface area contributed by atoms with Crippen LogP contribution in [0.1, 0.15) is 19.3 Å². The Balaban J connectivity index is 1.95. The summed E-state index contributed by atoms with van der Waals surface area (Å²) in [6.45, 7) is 0.378. The van der Waals surface area contributed by atoms with Gasteiger partial charge in [-0.05, 0) is 25.0 Å². The van der Waals surface area contributed by atoms with Crippen LogP contribution < -0.4 is 11.1 Å². The number of nitrogens with two attached hydrogens (primary N) is 1. The Hall–Kier alpha value is -1.17. The molecule has 3 N–H and O–H groups in total. The molecule has 1 heterocycles. The van der Waals surface area contributed by atoms with E-state index in [2.05, 4.69) is 10.3 Å². The molecule has 1 aromatic carbocycles. The number of aromatic nitrogens is 1. The van der Waals surface area contributed by atoms with Gasteiger partial charge in [0, 0.05) is 6.54 Å². The first-order valence-electron chi connectivity index (χ1n) is 6.19. The van der Waals surface area contributed by atoms with E-state index in [1.165, 1.54) is 11.3 Å². The number of fused-ring (bicyclic) bond motifs is 1. The SMILES string of the molecule is NCC1(C(=O)Nc2c(Cl)ccc3scnc23)CCC1. The Morgan fingerprint density at radius 2 is 2.32 bits per heavy atom. The van der Waals surface area contributed by atoms with Gasteiger partial charge in [-0.15, -0.1) is 11.3 Å². The smallest absolute Gasteiger partial charge is 0.231 e. The van der Waals surface area contributed by atoms with Crippen molar-refractivity contribution in [2.45, 2.75) is 19.3 Å². The third-order valence-electron chi connectivity index (χ3n) is 3.87. The third-order valence-corrected chi connectivity index (χ3v) is 4.98. The second-order valence-electron chi connectivity index (χ2n) is 4.91. The number of nitrogens with one attached hydrogen (secondary N) is 1. The van der Waals surface area contributed by atoms with Crippen LogP contribution >= 0.6 is 22.9 Å². The molecule has 1 amide bonds. The highest BCUT2D eigenvalue weighted by atomic mass is 35.5. The summed E-state index contributed by atoms with van der Waals surface area (Å²) in [4.78, 5) is 16.7. The van der Waals surface area contributed by atoms with Crippen molar-refractivity contribution in [2.24, 2.45) is 11.1 Å². The molecular weight excluding hydrogens is 282 g/mol. The fourth-order valence-electron chi connectivity index (χ4n) is 2.40. The summed E-state index contributed by atoms with van der Waals surface area (Å²) in [5, 5.41) is 3.44. The average Bonchev–Trinajstić information content (AvgIpc) is 2.80. The fourth-order valence-corrected chi connectivity index (χ4v) is 3.28. The first-order chi connectivity index (χ1) is 9.16. The summed E-state index contributed by atoms with van der Waals surface area (Å²) in [6, 6.07) is 3.70. The van der Waals surface area contributed by atoms with Gasteiger partial charge in [0.15, 0.2) is 0 Å². The number of anilines is 1. The number of halogens is 1. The molecule has 1 aromatic heterocycles. The molecular formula is C13H14ClN3OS. The van der Waals surface area contributed by atoms with Crippen molar-refractivity contribution < 1.29 is 4.79 Å². The van der Waals surface area contributed by atoms with E-state index < -0.39 is 5.41 Å². The molecule has 0 radical (unpaired) electrons. The zero-order valence-electron chi connectivity index (χ0n) is 10.3. The number of hydrogen-bond acceptors (Lipinski definition) is 4. The van der Waals surface area contributed by atoms with Crippen molar-refractivity contribution in [3.63, 3.8) is 0 Å². The van der Waals surface area contributed by atoms with E-state index in [1.807, 2.05) is 6.07 Å². The topological polar surface area (TPSA) is 68.0 Å². The first-order valence-corrected chi connectivity index (χ1v) is 7.45. The standard InChI is InChI=1S/C13H14ClN3OS/c14-8-2-3-9-11(16-7-19-9)10(8)17-12(18)13(6-15)4-1-5-13/h2-3,7H,1,4-6,15H2,(H,17,18). The molecule has 100 valence electrons. The van der Waals surface area contributed by atoms with Crippen molar-refractivity contribution in [2.75, 3.05) is 11.9 Å². The molecule has 1 aliphatic carbocycles. The number of nitrogens with zero attached hydrogens (tertiary/aromatic N) is 1. The first kappa shape index (κ1) is 12.8. The Bertz CT molecular complexity index is 630. The monoisotopic (exact) mass is 295 g/mol. The summed E-state index contributed by atoms with van der Waals surface area (Å²) >= 11 is 7.70. The highest BCUT2D eigenvalue weighted by Crippen LogP contribution is 2.42. The molecule has 0 unspecified atom stereocenters. The highest BCUT2D eigenvalue weighted by molar-refractivity contribution is 7.16. The normalized spacial score (nSPS) is 17.2. The summed E-state index contributed by atoms with van der Waals surface area (Å²) in [7, 11) is 0. The van der Waals surface area contributed by atoms with E-state index >= 15 is 0 Å². The van der Waals surface area contributed by atoms with E-state index in [1.54, 1.807) is 11.6 Å². The molecule has 6 heteroatoms. The van der Waals surface area contributed by atoms with Crippen LogP contribution in [-0.4, -0.2) is 17.4 Å². The molecule has 0 aliphatic heterocycles. The van der Waals surface area contributed by atoms with E-state index in [-0.39, 0.29) is 5.91 Å². The zero-order valence-corrected chi connectivity index (χ0v) is 11.9. The van der Waals surface area contributed by atoms with Crippen molar-refractivity contribution in [1.29, 1.82) is 0 Å². The molecule has 0 bridgehead atoms. The number of thiazole rings is 1. The van der Waals surface area contributed by atoms with Gasteiger partial charge in [-0.2, -0.15) is 0 Å². The Morgan fingerprint density at radius 1 is 1.53 bits per heavy atom.